The zero-order valence-corrected chi connectivity index (χ0v) is 9.28. The van der Waals surface area contributed by atoms with Gasteiger partial charge in [0.15, 0.2) is 0 Å². The topological polar surface area (TPSA) is 62.5 Å². The normalized spacial score (nSPS) is 17.0. The van der Waals surface area contributed by atoms with Crippen LogP contribution >= 0.6 is 0 Å². The first kappa shape index (κ1) is 11.8. The molecule has 4 nitrogen and oxygen atoms in total. The van der Waals surface area contributed by atoms with Gasteiger partial charge in [0.2, 0.25) is 0 Å². The summed E-state index contributed by atoms with van der Waals surface area (Å²) in [6.07, 6.45) is 2.10. The zero-order valence-electron chi connectivity index (χ0n) is 9.28. The van der Waals surface area contributed by atoms with Crippen molar-refractivity contribution in [2.45, 2.75) is 38.8 Å². The molecule has 0 aliphatic carbocycles. The maximum Gasteiger partial charge on any atom is 0.323 e. The lowest BCUT2D eigenvalue weighted by Gasteiger charge is -2.27. The van der Waals surface area contributed by atoms with Crippen LogP contribution in [0.1, 0.15) is 39.0 Å². The van der Waals surface area contributed by atoms with Gasteiger partial charge in [0.25, 0.3) is 0 Å². The molecule has 0 aliphatic rings. The van der Waals surface area contributed by atoms with E-state index in [-0.39, 0.29) is 6.04 Å². The molecular weight excluding hydrogens is 194 g/mol. The number of carboxylic acid groups (broad SMARTS) is 1. The maximum absolute atomic E-state index is 11.1. The molecule has 1 aromatic heterocycles. The maximum atomic E-state index is 11.1. The molecule has 4 heteroatoms. The average molecular weight is 211 g/mol. The van der Waals surface area contributed by atoms with E-state index in [4.69, 9.17) is 9.52 Å². The predicted molar refractivity (Wildman–Crippen MR) is 56.6 cm³/mol. The first-order valence-corrected chi connectivity index (χ1v) is 5.04. The molecule has 0 radical (unpaired) electrons. The van der Waals surface area contributed by atoms with Crippen molar-refractivity contribution in [2.75, 3.05) is 0 Å². The molecule has 0 aliphatic heterocycles. The van der Waals surface area contributed by atoms with E-state index < -0.39 is 11.5 Å². The van der Waals surface area contributed by atoms with E-state index in [9.17, 15) is 4.79 Å². The highest BCUT2D eigenvalue weighted by atomic mass is 16.4. The second kappa shape index (κ2) is 4.49. The van der Waals surface area contributed by atoms with Crippen molar-refractivity contribution in [2.24, 2.45) is 0 Å². The van der Waals surface area contributed by atoms with Gasteiger partial charge in [0.05, 0.1) is 12.3 Å². The smallest absolute Gasteiger partial charge is 0.323 e. The van der Waals surface area contributed by atoms with Crippen LogP contribution in [0.2, 0.25) is 0 Å². The summed E-state index contributed by atoms with van der Waals surface area (Å²) in [5, 5.41) is 12.1. The van der Waals surface area contributed by atoms with Crippen LogP contribution in [0.5, 0.6) is 0 Å². The third-order valence-electron chi connectivity index (χ3n) is 2.68. The Labute approximate surface area is 89.3 Å². The number of rotatable bonds is 5. The van der Waals surface area contributed by atoms with E-state index in [1.54, 1.807) is 19.3 Å². The van der Waals surface area contributed by atoms with Gasteiger partial charge < -0.3 is 9.52 Å². The van der Waals surface area contributed by atoms with Crippen molar-refractivity contribution in [3.63, 3.8) is 0 Å². The molecule has 0 fully saturated rings. The van der Waals surface area contributed by atoms with Crippen molar-refractivity contribution < 1.29 is 14.3 Å². The summed E-state index contributed by atoms with van der Waals surface area (Å²) >= 11 is 0. The third-order valence-corrected chi connectivity index (χ3v) is 2.68. The van der Waals surface area contributed by atoms with Crippen molar-refractivity contribution >= 4 is 5.97 Å². The Kier molecular flexibility index (Phi) is 3.52. The van der Waals surface area contributed by atoms with Crippen LogP contribution in [0.25, 0.3) is 0 Å². The highest BCUT2D eigenvalue weighted by Gasteiger charge is 2.32. The first-order chi connectivity index (χ1) is 6.99. The molecule has 15 heavy (non-hydrogen) atoms. The minimum absolute atomic E-state index is 0.110. The SMILES string of the molecule is CCC(C)(NC(C)c1ccco1)C(=O)O. The predicted octanol–water partition coefficient (Wildman–Crippen LogP) is 2.18. The number of nitrogens with one attached hydrogen (secondary N) is 1. The molecule has 0 saturated carbocycles. The fraction of sp³-hybridized carbons (Fsp3) is 0.545. The molecule has 1 aromatic rings. The van der Waals surface area contributed by atoms with Crippen molar-refractivity contribution in [1.29, 1.82) is 0 Å². The largest absolute Gasteiger partial charge is 0.480 e. The fourth-order valence-electron chi connectivity index (χ4n) is 1.40. The van der Waals surface area contributed by atoms with Gasteiger partial charge in [-0.25, -0.2) is 0 Å². The van der Waals surface area contributed by atoms with E-state index in [0.29, 0.717) is 6.42 Å². The monoisotopic (exact) mass is 211 g/mol. The Bertz CT molecular complexity index is 321. The Morgan fingerprint density at radius 2 is 2.40 bits per heavy atom. The third kappa shape index (κ3) is 2.59. The van der Waals surface area contributed by atoms with Crippen molar-refractivity contribution in [3.8, 4) is 0 Å². The highest BCUT2D eigenvalue weighted by molar-refractivity contribution is 5.78. The van der Waals surface area contributed by atoms with Gasteiger partial charge >= 0.3 is 5.97 Å². The summed E-state index contributed by atoms with van der Waals surface area (Å²) in [4.78, 5) is 11.1. The van der Waals surface area contributed by atoms with Gasteiger partial charge in [0.1, 0.15) is 11.3 Å². The number of aliphatic carboxylic acids is 1. The van der Waals surface area contributed by atoms with Crippen LogP contribution in [0.3, 0.4) is 0 Å². The molecule has 84 valence electrons. The number of furan rings is 1. The Hall–Kier alpha value is -1.29. The van der Waals surface area contributed by atoms with Crippen LogP contribution in [-0.2, 0) is 4.79 Å². The van der Waals surface area contributed by atoms with Gasteiger partial charge in [-0.1, -0.05) is 6.92 Å². The second-order valence-corrected chi connectivity index (χ2v) is 3.87. The fourth-order valence-corrected chi connectivity index (χ4v) is 1.40. The Morgan fingerprint density at radius 3 is 2.80 bits per heavy atom. The summed E-state index contributed by atoms with van der Waals surface area (Å²) in [6, 6.07) is 3.51. The zero-order chi connectivity index (χ0) is 11.5. The Balaban J connectivity index is 2.72. The van der Waals surface area contributed by atoms with Gasteiger partial charge in [-0.2, -0.15) is 0 Å². The molecule has 0 aromatic carbocycles. The van der Waals surface area contributed by atoms with Crippen molar-refractivity contribution in [3.05, 3.63) is 24.2 Å². The summed E-state index contributed by atoms with van der Waals surface area (Å²) in [5.74, 6) is -0.0978. The number of carbonyl (C=O) groups is 1. The number of hydrogen-bond donors (Lipinski definition) is 2. The number of hydrogen-bond acceptors (Lipinski definition) is 3. The molecule has 0 spiro atoms. The van der Waals surface area contributed by atoms with E-state index in [0.717, 1.165) is 5.76 Å². The standard InChI is InChI=1S/C11H17NO3/c1-4-11(3,10(13)14)12-8(2)9-6-5-7-15-9/h5-8,12H,4H2,1-3H3,(H,13,14). The minimum Gasteiger partial charge on any atom is -0.480 e. The second-order valence-electron chi connectivity index (χ2n) is 3.87. The van der Waals surface area contributed by atoms with E-state index >= 15 is 0 Å². The highest BCUT2D eigenvalue weighted by Crippen LogP contribution is 2.19. The van der Waals surface area contributed by atoms with Gasteiger partial charge in [-0.3, -0.25) is 10.1 Å². The van der Waals surface area contributed by atoms with E-state index in [1.807, 2.05) is 19.9 Å². The lowest BCUT2D eigenvalue weighted by molar-refractivity contribution is -0.144. The van der Waals surface area contributed by atoms with Crippen LogP contribution < -0.4 is 5.32 Å². The number of carboxylic acids is 1. The molecule has 0 amide bonds. The summed E-state index contributed by atoms with van der Waals surface area (Å²) in [5.41, 5.74) is -0.911. The average Bonchev–Trinajstić information content (AvgIpc) is 2.70. The van der Waals surface area contributed by atoms with Gasteiger partial charge in [-0.15, -0.1) is 0 Å². The lowest BCUT2D eigenvalue weighted by Crippen LogP contribution is -2.49. The molecular formula is C11H17NO3. The van der Waals surface area contributed by atoms with Crippen LogP contribution in [0, 0.1) is 0 Å². The first-order valence-electron chi connectivity index (χ1n) is 5.04. The summed E-state index contributed by atoms with van der Waals surface area (Å²) in [7, 11) is 0. The van der Waals surface area contributed by atoms with Crippen molar-refractivity contribution in [1.82, 2.24) is 5.32 Å². The van der Waals surface area contributed by atoms with E-state index in [1.165, 1.54) is 0 Å². The molecule has 0 saturated heterocycles. The van der Waals surface area contributed by atoms with Gasteiger partial charge in [-0.05, 0) is 32.4 Å². The molecule has 2 N–H and O–H groups in total. The molecule has 0 bridgehead atoms. The van der Waals surface area contributed by atoms with Crippen LogP contribution in [0.4, 0.5) is 0 Å². The van der Waals surface area contributed by atoms with Crippen LogP contribution in [-0.4, -0.2) is 16.6 Å². The molecule has 2 atom stereocenters. The van der Waals surface area contributed by atoms with E-state index in [2.05, 4.69) is 5.32 Å². The van der Waals surface area contributed by atoms with Gasteiger partial charge in [0, 0.05) is 0 Å². The summed E-state index contributed by atoms with van der Waals surface area (Å²) in [6.45, 7) is 5.40. The van der Waals surface area contributed by atoms with Crippen LogP contribution in [0.15, 0.2) is 22.8 Å². The molecule has 2 unspecified atom stereocenters. The summed E-state index contributed by atoms with van der Waals surface area (Å²) < 4.78 is 5.21. The minimum atomic E-state index is -0.911. The molecule has 1 heterocycles. The lowest BCUT2D eigenvalue weighted by atomic mass is 9.97. The quantitative estimate of drug-likeness (QED) is 0.783. The molecule has 1 rings (SSSR count). The Morgan fingerprint density at radius 1 is 1.73 bits per heavy atom.